The van der Waals surface area contributed by atoms with Gasteiger partial charge in [0.15, 0.2) is 0 Å². The number of nitrogens with zero attached hydrogens (tertiary/aromatic N) is 4. The fourth-order valence-electron chi connectivity index (χ4n) is 1.66. The zero-order valence-corrected chi connectivity index (χ0v) is 9.01. The van der Waals surface area contributed by atoms with Crippen LogP contribution in [-0.4, -0.2) is 23.1 Å². The average molecular weight is 202 g/mol. The van der Waals surface area contributed by atoms with Gasteiger partial charge >= 0.3 is 0 Å². The van der Waals surface area contributed by atoms with E-state index in [1.807, 2.05) is 13.1 Å². The molecule has 1 aliphatic carbocycles. The number of anilines is 1. The van der Waals surface area contributed by atoms with E-state index in [4.69, 9.17) is 5.26 Å². The second kappa shape index (κ2) is 3.85. The first-order valence-electron chi connectivity index (χ1n) is 5.18. The van der Waals surface area contributed by atoms with E-state index >= 15 is 0 Å². The average Bonchev–Trinajstić information content (AvgIpc) is 3.11. The smallest absolute Gasteiger partial charge is 0.226 e. The van der Waals surface area contributed by atoms with Crippen LogP contribution < -0.4 is 4.90 Å². The molecule has 1 fully saturated rings. The molecule has 1 aliphatic rings. The Morgan fingerprint density at radius 3 is 2.93 bits per heavy atom. The molecule has 1 aromatic rings. The molecule has 4 heteroatoms. The molecule has 1 unspecified atom stereocenters. The van der Waals surface area contributed by atoms with Crippen LogP contribution in [0.2, 0.25) is 0 Å². The van der Waals surface area contributed by atoms with Crippen molar-refractivity contribution in [3.05, 3.63) is 18.0 Å². The molecule has 0 amide bonds. The van der Waals surface area contributed by atoms with E-state index in [1.165, 1.54) is 12.8 Å². The van der Waals surface area contributed by atoms with E-state index in [1.54, 1.807) is 12.3 Å². The SMILES string of the molecule is CC(C1CC1)N(C)c1nccc(C#N)n1. The topological polar surface area (TPSA) is 52.8 Å². The minimum absolute atomic E-state index is 0.426. The van der Waals surface area contributed by atoms with Crippen molar-refractivity contribution in [3.63, 3.8) is 0 Å². The fourth-order valence-corrected chi connectivity index (χ4v) is 1.66. The molecular weight excluding hydrogens is 188 g/mol. The van der Waals surface area contributed by atoms with Crippen LogP contribution in [0.5, 0.6) is 0 Å². The lowest BCUT2D eigenvalue weighted by molar-refractivity contribution is 0.597. The van der Waals surface area contributed by atoms with Crippen molar-refractivity contribution in [2.24, 2.45) is 5.92 Å². The lowest BCUT2D eigenvalue weighted by Gasteiger charge is -2.24. The summed E-state index contributed by atoms with van der Waals surface area (Å²) in [5.74, 6) is 1.41. The summed E-state index contributed by atoms with van der Waals surface area (Å²) in [6, 6.07) is 4.11. The van der Waals surface area contributed by atoms with Crippen molar-refractivity contribution in [3.8, 4) is 6.07 Å². The third-order valence-corrected chi connectivity index (χ3v) is 2.99. The van der Waals surface area contributed by atoms with Crippen LogP contribution in [0, 0.1) is 17.2 Å². The number of hydrogen-bond acceptors (Lipinski definition) is 4. The maximum atomic E-state index is 8.75. The number of hydrogen-bond donors (Lipinski definition) is 0. The predicted molar refractivity (Wildman–Crippen MR) is 57.3 cm³/mol. The molecule has 0 aromatic carbocycles. The molecule has 0 bridgehead atoms. The van der Waals surface area contributed by atoms with E-state index in [2.05, 4.69) is 21.8 Å². The molecule has 0 saturated heterocycles. The first kappa shape index (κ1) is 9.91. The first-order chi connectivity index (χ1) is 7.22. The minimum atomic E-state index is 0.426. The molecule has 0 radical (unpaired) electrons. The summed E-state index contributed by atoms with van der Waals surface area (Å²) in [5.41, 5.74) is 0.426. The zero-order chi connectivity index (χ0) is 10.8. The van der Waals surface area contributed by atoms with Gasteiger partial charge in [0.25, 0.3) is 0 Å². The summed E-state index contributed by atoms with van der Waals surface area (Å²) < 4.78 is 0. The van der Waals surface area contributed by atoms with Gasteiger partial charge in [-0.05, 0) is 31.7 Å². The van der Waals surface area contributed by atoms with Crippen LogP contribution in [0.15, 0.2) is 12.3 Å². The molecule has 1 atom stereocenters. The third kappa shape index (κ3) is 2.07. The van der Waals surface area contributed by atoms with Gasteiger partial charge < -0.3 is 4.90 Å². The molecule has 1 saturated carbocycles. The van der Waals surface area contributed by atoms with E-state index in [0.29, 0.717) is 17.7 Å². The van der Waals surface area contributed by atoms with Gasteiger partial charge in [0.2, 0.25) is 5.95 Å². The van der Waals surface area contributed by atoms with E-state index in [0.717, 1.165) is 5.92 Å². The van der Waals surface area contributed by atoms with Gasteiger partial charge in [0.1, 0.15) is 11.8 Å². The Morgan fingerprint density at radius 1 is 1.60 bits per heavy atom. The molecular formula is C11H14N4. The summed E-state index contributed by atoms with van der Waals surface area (Å²) in [6.07, 6.45) is 4.23. The van der Waals surface area contributed by atoms with Crippen LogP contribution in [-0.2, 0) is 0 Å². The van der Waals surface area contributed by atoms with Crippen LogP contribution in [0.4, 0.5) is 5.95 Å². The summed E-state index contributed by atoms with van der Waals surface area (Å²) in [6.45, 7) is 2.18. The van der Waals surface area contributed by atoms with E-state index < -0.39 is 0 Å². The van der Waals surface area contributed by atoms with Gasteiger partial charge in [-0.2, -0.15) is 5.26 Å². The van der Waals surface area contributed by atoms with Crippen molar-refractivity contribution in [2.75, 3.05) is 11.9 Å². The molecule has 1 heterocycles. The van der Waals surface area contributed by atoms with Gasteiger partial charge in [-0.1, -0.05) is 0 Å². The molecule has 78 valence electrons. The van der Waals surface area contributed by atoms with Crippen LogP contribution in [0.25, 0.3) is 0 Å². The van der Waals surface area contributed by atoms with Gasteiger partial charge in [0.05, 0.1) is 0 Å². The Balaban J connectivity index is 2.17. The van der Waals surface area contributed by atoms with Gasteiger partial charge in [-0.15, -0.1) is 0 Å². The molecule has 1 aromatic heterocycles. The van der Waals surface area contributed by atoms with Gasteiger partial charge in [-0.25, -0.2) is 9.97 Å². The van der Waals surface area contributed by atoms with Crippen molar-refractivity contribution < 1.29 is 0 Å². The second-order valence-corrected chi connectivity index (χ2v) is 4.04. The van der Waals surface area contributed by atoms with Crippen molar-refractivity contribution in [1.82, 2.24) is 9.97 Å². The maximum absolute atomic E-state index is 8.75. The molecule has 0 aliphatic heterocycles. The Bertz CT molecular complexity index is 392. The number of nitriles is 1. The summed E-state index contributed by atoms with van der Waals surface area (Å²) in [5, 5.41) is 8.75. The highest BCUT2D eigenvalue weighted by molar-refractivity contribution is 5.34. The van der Waals surface area contributed by atoms with Crippen molar-refractivity contribution in [1.29, 1.82) is 5.26 Å². The van der Waals surface area contributed by atoms with Crippen molar-refractivity contribution in [2.45, 2.75) is 25.8 Å². The van der Waals surface area contributed by atoms with Crippen LogP contribution >= 0.6 is 0 Å². The van der Waals surface area contributed by atoms with E-state index in [9.17, 15) is 0 Å². The Hall–Kier alpha value is -1.63. The minimum Gasteiger partial charge on any atom is -0.341 e. The highest BCUT2D eigenvalue weighted by Gasteiger charge is 2.31. The quantitative estimate of drug-likeness (QED) is 0.746. The highest BCUT2D eigenvalue weighted by atomic mass is 15.3. The van der Waals surface area contributed by atoms with Gasteiger partial charge in [-0.3, -0.25) is 0 Å². The molecule has 0 N–H and O–H groups in total. The number of aromatic nitrogens is 2. The van der Waals surface area contributed by atoms with Crippen LogP contribution in [0.1, 0.15) is 25.5 Å². The first-order valence-corrected chi connectivity index (χ1v) is 5.18. The fraction of sp³-hybridized carbons (Fsp3) is 0.545. The van der Waals surface area contributed by atoms with Gasteiger partial charge in [0, 0.05) is 19.3 Å². The molecule has 2 rings (SSSR count). The zero-order valence-electron chi connectivity index (χ0n) is 9.01. The summed E-state index contributed by atoms with van der Waals surface area (Å²) >= 11 is 0. The number of rotatable bonds is 3. The normalized spacial score (nSPS) is 16.9. The molecule has 15 heavy (non-hydrogen) atoms. The van der Waals surface area contributed by atoms with E-state index in [-0.39, 0.29) is 0 Å². The standard InChI is InChI=1S/C11H14N4/c1-8(9-3-4-9)15(2)11-13-6-5-10(7-12)14-11/h5-6,8-9H,3-4H2,1-2H3. The summed E-state index contributed by atoms with van der Waals surface area (Å²) in [7, 11) is 1.99. The van der Waals surface area contributed by atoms with Crippen molar-refractivity contribution >= 4 is 5.95 Å². The highest BCUT2D eigenvalue weighted by Crippen LogP contribution is 2.35. The lowest BCUT2D eigenvalue weighted by atomic mass is 10.2. The predicted octanol–water partition coefficient (Wildman–Crippen LogP) is 1.58. The molecule has 4 nitrogen and oxygen atoms in total. The monoisotopic (exact) mass is 202 g/mol. The second-order valence-electron chi connectivity index (χ2n) is 4.04. The Kier molecular flexibility index (Phi) is 2.55. The Labute approximate surface area is 89.6 Å². The lowest BCUT2D eigenvalue weighted by Crippen LogP contribution is -2.32. The summed E-state index contributed by atoms with van der Waals surface area (Å²) in [4.78, 5) is 10.4. The largest absolute Gasteiger partial charge is 0.341 e. The molecule has 0 spiro atoms. The van der Waals surface area contributed by atoms with Crippen LogP contribution in [0.3, 0.4) is 0 Å². The third-order valence-electron chi connectivity index (χ3n) is 2.99. The maximum Gasteiger partial charge on any atom is 0.226 e. The Morgan fingerprint density at radius 2 is 2.33 bits per heavy atom.